The molecule has 2 N–H and O–H groups in total. The molecule has 17 heavy (non-hydrogen) atoms. The molecule has 0 unspecified atom stereocenters. The standard InChI is InChI=1S/C12H14BrN3O/c1-3-16-7-15-11(12(16)14)8-4-5-10(17-2)9(13)6-8/h4-7H,3,14H2,1-2H3. The van der Waals surface area contributed by atoms with Crippen LogP contribution in [0.5, 0.6) is 5.75 Å². The van der Waals surface area contributed by atoms with E-state index in [1.807, 2.05) is 29.7 Å². The molecule has 0 aliphatic carbocycles. The fraction of sp³-hybridized carbons (Fsp3) is 0.250. The van der Waals surface area contributed by atoms with Gasteiger partial charge >= 0.3 is 0 Å². The van der Waals surface area contributed by atoms with E-state index in [4.69, 9.17) is 10.5 Å². The SMILES string of the molecule is CCn1cnc(-c2ccc(OC)c(Br)c2)c1N. The van der Waals surface area contributed by atoms with Gasteiger partial charge in [0.05, 0.1) is 17.9 Å². The van der Waals surface area contributed by atoms with Crippen LogP contribution in [0.3, 0.4) is 0 Å². The average molecular weight is 296 g/mol. The van der Waals surface area contributed by atoms with Crippen molar-refractivity contribution in [1.29, 1.82) is 0 Å². The normalized spacial score (nSPS) is 10.5. The Labute approximate surface area is 109 Å². The van der Waals surface area contributed by atoms with Crippen molar-refractivity contribution in [2.45, 2.75) is 13.5 Å². The molecule has 0 radical (unpaired) electrons. The first-order chi connectivity index (χ1) is 8.17. The van der Waals surface area contributed by atoms with E-state index >= 15 is 0 Å². The number of imidazole rings is 1. The van der Waals surface area contributed by atoms with Gasteiger partial charge in [-0.15, -0.1) is 0 Å². The predicted molar refractivity (Wildman–Crippen MR) is 72.0 cm³/mol. The molecule has 0 spiro atoms. The number of anilines is 1. The minimum atomic E-state index is 0.685. The van der Waals surface area contributed by atoms with Crippen LogP contribution < -0.4 is 10.5 Å². The molecule has 0 atom stereocenters. The maximum Gasteiger partial charge on any atom is 0.133 e. The lowest BCUT2D eigenvalue weighted by Gasteiger charge is -2.06. The van der Waals surface area contributed by atoms with E-state index in [0.29, 0.717) is 5.82 Å². The largest absolute Gasteiger partial charge is 0.496 e. The summed E-state index contributed by atoms with van der Waals surface area (Å²) in [5, 5.41) is 0. The lowest BCUT2D eigenvalue weighted by molar-refractivity contribution is 0.412. The topological polar surface area (TPSA) is 53.1 Å². The van der Waals surface area contributed by atoms with Gasteiger partial charge in [-0.05, 0) is 41.1 Å². The Morgan fingerprint density at radius 3 is 2.76 bits per heavy atom. The van der Waals surface area contributed by atoms with E-state index in [1.165, 1.54) is 0 Å². The van der Waals surface area contributed by atoms with Gasteiger partial charge < -0.3 is 15.0 Å². The number of ether oxygens (including phenoxy) is 1. The molecule has 5 heteroatoms. The highest BCUT2D eigenvalue weighted by molar-refractivity contribution is 9.10. The third-order valence-corrected chi connectivity index (χ3v) is 3.26. The van der Waals surface area contributed by atoms with Crippen LogP contribution in [0, 0.1) is 0 Å². The van der Waals surface area contributed by atoms with Crippen LogP contribution in [-0.2, 0) is 6.54 Å². The molecule has 0 bridgehead atoms. The van der Waals surface area contributed by atoms with Crippen molar-refractivity contribution in [3.8, 4) is 17.0 Å². The smallest absolute Gasteiger partial charge is 0.133 e. The van der Waals surface area contributed by atoms with Gasteiger partial charge in [-0.3, -0.25) is 0 Å². The number of methoxy groups -OCH3 is 1. The van der Waals surface area contributed by atoms with Crippen molar-refractivity contribution in [1.82, 2.24) is 9.55 Å². The highest BCUT2D eigenvalue weighted by Gasteiger charge is 2.10. The number of aromatic nitrogens is 2. The van der Waals surface area contributed by atoms with Gasteiger partial charge in [0.25, 0.3) is 0 Å². The Morgan fingerprint density at radius 2 is 2.24 bits per heavy atom. The number of nitrogens with two attached hydrogens (primary N) is 1. The van der Waals surface area contributed by atoms with Crippen molar-refractivity contribution in [3.05, 3.63) is 29.0 Å². The molecule has 4 nitrogen and oxygen atoms in total. The Bertz CT molecular complexity index is 537. The van der Waals surface area contributed by atoms with E-state index in [-0.39, 0.29) is 0 Å². The molecule has 1 heterocycles. The van der Waals surface area contributed by atoms with Gasteiger partial charge in [-0.1, -0.05) is 0 Å². The van der Waals surface area contributed by atoms with Gasteiger partial charge in [0.15, 0.2) is 0 Å². The molecule has 0 aliphatic heterocycles. The molecular weight excluding hydrogens is 282 g/mol. The third kappa shape index (κ3) is 2.15. The minimum Gasteiger partial charge on any atom is -0.496 e. The summed E-state index contributed by atoms with van der Waals surface area (Å²) in [6.45, 7) is 2.85. The summed E-state index contributed by atoms with van der Waals surface area (Å²) in [4.78, 5) is 4.33. The second-order valence-corrected chi connectivity index (χ2v) is 4.47. The van der Waals surface area contributed by atoms with Crippen LogP contribution in [0.15, 0.2) is 29.0 Å². The van der Waals surface area contributed by atoms with Crippen molar-refractivity contribution in [3.63, 3.8) is 0 Å². The second kappa shape index (κ2) is 4.79. The molecule has 0 saturated heterocycles. The summed E-state index contributed by atoms with van der Waals surface area (Å²) < 4.78 is 7.99. The Kier molecular flexibility index (Phi) is 3.38. The Hall–Kier alpha value is -1.49. The van der Waals surface area contributed by atoms with Crippen molar-refractivity contribution >= 4 is 21.7 Å². The zero-order valence-corrected chi connectivity index (χ0v) is 11.4. The van der Waals surface area contributed by atoms with Crippen molar-refractivity contribution in [2.24, 2.45) is 0 Å². The van der Waals surface area contributed by atoms with Gasteiger partial charge in [-0.25, -0.2) is 4.98 Å². The van der Waals surface area contributed by atoms with Gasteiger partial charge in [0, 0.05) is 12.1 Å². The number of benzene rings is 1. The molecule has 0 saturated carbocycles. The molecule has 0 amide bonds. The first kappa shape index (κ1) is 12.0. The number of aryl methyl sites for hydroxylation is 1. The van der Waals surface area contributed by atoms with Crippen LogP contribution in [0.2, 0.25) is 0 Å². The average Bonchev–Trinajstić information content (AvgIpc) is 2.70. The van der Waals surface area contributed by atoms with Crippen LogP contribution >= 0.6 is 15.9 Å². The van der Waals surface area contributed by atoms with Gasteiger partial charge in [0.1, 0.15) is 17.3 Å². The Balaban J connectivity index is 2.46. The van der Waals surface area contributed by atoms with Crippen LogP contribution in [0.25, 0.3) is 11.3 Å². The number of nitrogen functional groups attached to an aromatic ring is 1. The maximum absolute atomic E-state index is 6.02. The lowest BCUT2D eigenvalue weighted by atomic mass is 10.1. The fourth-order valence-electron chi connectivity index (χ4n) is 1.68. The molecule has 1 aromatic carbocycles. The molecule has 0 aliphatic rings. The number of hydrogen-bond donors (Lipinski definition) is 1. The van der Waals surface area contributed by atoms with Crippen molar-refractivity contribution < 1.29 is 4.74 Å². The third-order valence-electron chi connectivity index (χ3n) is 2.64. The number of hydrogen-bond acceptors (Lipinski definition) is 3. The van der Waals surface area contributed by atoms with Gasteiger partial charge in [0.2, 0.25) is 0 Å². The number of nitrogens with zero attached hydrogens (tertiary/aromatic N) is 2. The summed E-state index contributed by atoms with van der Waals surface area (Å²) >= 11 is 3.45. The first-order valence-corrected chi connectivity index (χ1v) is 6.11. The lowest BCUT2D eigenvalue weighted by Crippen LogP contribution is -1.99. The zero-order valence-electron chi connectivity index (χ0n) is 9.77. The molecule has 1 aromatic heterocycles. The molecular formula is C12H14BrN3O. The fourth-order valence-corrected chi connectivity index (χ4v) is 2.22. The quantitative estimate of drug-likeness (QED) is 0.947. The zero-order chi connectivity index (χ0) is 12.4. The summed E-state index contributed by atoms with van der Waals surface area (Å²) in [6.07, 6.45) is 1.75. The van der Waals surface area contributed by atoms with E-state index < -0.39 is 0 Å². The monoisotopic (exact) mass is 295 g/mol. The second-order valence-electron chi connectivity index (χ2n) is 3.61. The highest BCUT2D eigenvalue weighted by Crippen LogP contribution is 2.32. The van der Waals surface area contributed by atoms with E-state index in [1.54, 1.807) is 13.4 Å². The van der Waals surface area contributed by atoms with E-state index in [0.717, 1.165) is 28.0 Å². The van der Waals surface area contributed by atoms with E-state index in [9.17, 15) is 0 Å². The summed E-state index contributed by atoms with van der Waals surface area (Å²) in [6, 6.07) is 5.80. The summed E-state index contributed by atoms with van der Waals surface area (Å²) in [7, 11) is 1.64. The summed E-state index contributed by atoms with van der Waals surface area (Å²) in [5.41, 5.74) is 7.80. The van der Waals surface area contributed by atoms with Gasteiger partial charge in [-0.2, -0.15) is 0 Å². The predicted octanol–water partition coefficient (Wildman–Crippen LogP) is 2.92. The maximum atomic E-state index is 6.02. The number of rotatable bonds is 3. The van der Waals surface area contributed by atoms with Crippen LogP contribution in [-0.4, -0.2) is 16.7 Å². The molecule has 90 valence electrons. The molecule has 2 rings (SSSR count). The van der Waals surface area contributed by atoms with Crippen LogP contribution in [0.4, 0.5) is 5.82 Å². The van der Waals surface area contributed by atoms with Crippen molar-refractivity contribution in [2.75, 3.05) is 12.8 Å². The molecule has 2 aromatic rings. The van der Waals surface area contributed by atoms with Crippen LogP contribution in [0.1, 0.15) is 6.92 Å². The number of halogens is 1. The highest BCUT2D eigenvalue weighted by atomic mass is 79.9. The van der Waals surface area contributed by atoms with E-state index in [2.05, 4.69) is 20.9 Å². The Morgan fingerprint density at radius 1 is 1.47 bits per heavy atom. The summed E-state index contributed by atoms with van der Waals surface area (Å²) in [5.74, 6) is 1.48. The molecule has 0 fully saturated rings. The minimum absolute atomic E-state index is 0.685. The first-order valence-electron chi connectivity index (χ1n) is 5.32.